The summed E-state index contributed by atoms with van der Waals surface area (Å²) in [6.45, 7) is 3.83. The zero-order chi connectivity index (χ0) is 16.1. The molecule has 7 nitrogen and oxygen atoms in total. The van der Waals surface area contributed by atoms with Crippen LogP contribution in [0.25, 0.3) is 0 Å². The summed E-state index contributed by atoms with van der Waals surface area (Å²) in [5.74, 6) is 0. The Bertz CT molecular complexity index is 190. The molecular formula is C13H34N2O5+2. The molecule has 124 valence electrons. The van der Waals surface area contributed by atoms with Crippen LogP contribution < -0.4 is 0 Å². The molecule has 0 heterocycles. The quantitative estimate of drug-likeness (QED) is 0.286. The zero-order valence-corrected chi connectivity index (χ0v) is 13.2. The Morgan fingerprint density at radius 2 is 0.750 bits per heavy atom. The molecule has 0 saturated carbocycles. The Labute approximate surface area is 122 Å². The molecule has 0 aromatic heterocycles. The van der Waals surface area contributed by atoms with Gasteiger partial charge in [-0.15, -0.1) is 0 Å². The lowest BCUT2D eigenvalue weighted by Gasteiger charge is -2.32. The van der Waals surface area contributed by atoms with Crippen LogP contribution in [-0.2, 0) is 0 Å². The van der Waals surface area contributed by atoms with E-state index in [0.29, 0.717) is 41.7 Å². The van der Waals surface area contributed by atoms with Crippen LogP contribution in [0, 0.1) is 0 Å². The summed E-state index contributed by atoms with van der Waals surface area (Å²) < 4.78 is 1.22. The minimum absolute atomic E-state index is 0.0938. The number of quaternary nitrogens is 2. The van der Waals surface area contributed by atoms with Gasteiger partial charge in [-0.05, 0) is 0 Å². The number of rotatable bonds is 10. The summed E-state index contributed by atoms with van der Waals surface area (Å²) in [5.41, 5.74) is 0. The minimum atomic E-state index is 0.0938. The summed E-state index contributed by atoms with van der Waals surface area (Å²) in [7, 11) is 5.86. The first kappa shape index (κ1) is 22.0. The van der Waals surface area contributed by atoms with Gasteiger partial charge in [0.2, 0.25) is 0 Å². The number of hydrogen-bond donors (Lipinski definition) is 5. The molecule has 0 saturated heterocycles. The van der Waals surface area contributed by atoms with E-state index in [-0.39, 0.29) is 33.0 Å². The molecule has 0 rings (SSSR count). The third-order valence-electron chi connectivity index (χ3n) is 3.33. The van der Waals surface area contributed by atoms with E-state index in [9.17, 15) is 0 Å². The third kappa shape index (κ3) is 12.7. The van der Waals surface area contributed by atoms with Crippen molar-refractivity contribution in [3.05, 3.63) is 0 Å². The summed E-state index contributed by atoms with van der Waals surface area (Å²) in [4.78, 5) is 0. The van der Waals surface area contributed by atoms with Crippen molar-refractivity contribution in [2.75, 3.05) is 86.9 Å². The van der Waals surface area contributed by atoms with E-state index in [4.69, 9.17) is 25.5 Å². The highest BCUT2D eigenvalue weighted by atomic mass is 16.3. The van der Waals surface area contributed by atoms with E-state index < -0.39 is 0 Å². The number of aliphatic hydroxyl groups excluding tert-OH is 5. The van der Waals surface area contributed by atoms with E-state index in [1.54, 1.807) is 0 Å². The Balaban J connectivity index is 0. The van der Waals surface area contributed by atoms with E-state index >= 15 is 0 Å². The highest BCUT2D eigenvalue weighted by Crippen LogP contribution is 1.99. The normalized spacial score (nSPS) is 12.0. The van der Waals surface area contributed by atoms with Gasteiger partial charge < -0.3 is 34.5 Å². The second-order valence-electron chi connectivity index (χ2n) is 5.79. The van der Waals surface area contributed by atoms with Gasteiger partial charge in [-0.1, -0.05) is 0 Å². The number of hydrogen-bond acceptors (Lipinski definition) is 5. The fraction of sp³-hybridized carbons (Fsp3) is 1.00. The Morgan fingerprint density at radius 3 is 0.950 bits per heavy atom. The van der Waals surface area contributed by atoms with Gasteiger partial charge in [0.1, 0.15) is 32.7 Å². The number of nitrogens with zero attached hydrogens (tertiary/aromatic N) is 2. The van der Waals surface area contributed by atoms with Crippen LogP contribution in [0.1, 0.15) is 0 Å². The van der Waals surface area contributed by atoms with Crippen molar-refractivity contribution < 1.29 is 34.5 Å². The Hall–Kier alpha value is -0.280. The summed E-state index contributed by atoms with van der Waals surface area (Å²) >= 11 is 0. The highest BCUT2D eigenvalue weighted by Gasteiger charge is 2.18. The van der Waals surface area contributed by atoms with Gasteiger partial charge in [0.05, 0.1) is 54.2 Å². The second kappa shape index (κ2) is 12.5. The molecule has 0 aliphatic carbocycles. The molecule has 0 unspecified atom stereocenters. The van der Waals surface area contributed by atoms with Crippen LogP contribution in [0.5, 0.6) is 0 Å². The first-order valence-corrected chi connectivity index (χ1v) is 7.00. The predicted molar refractivity (Wildman–Crippen MR) is 78.1 cm³/mol. The summed E-state index contributed by atoms with van der Waals surface area (Å²) in [6.07, 6.45) is 0. The highest BCUT2D eigenvalue weighted by molar-refractivity contribution is 4.37. The van der Waals surface area contributed by atoms with Gasteiger partial charge in [-0.2, -0.15) is 0 Å². The number of aliphatic hydroxyl groups is 5. The van der Waals surface area contributed by atoms with Crippen LogP contribution in [0.4, 0.5) is 0 Å². The van der Waals surface area contributed by atoms with E-state index in [2.05, 4.69) is 0 Å². The molecule has 7 heteroatoms. The molecule has 0 aromatic rings. The van der Waals surface area contributed by atoms with E-state index in [1.165, 1.54) is 0 Å². The molecule has 0 amide bonds. The first-order chi connectivity index (χ1) is 9.30. The van der Waals surface area contributed by atoms with Crippen molar-refractivity contribution in [1.82, 2.24) is 0 Å². The topological polar surface area (TPSA) is 101 Å². The standard InChI is InChI=1S/C7H18NO3.C6H16NO2/c1-8(2-5-9,3-6-10)4-7-11;1-7(2,3-5-8)4-6-9/h9-11H,2-7H2,1H3;8-9H,3-6H2,1-2H3/q2*+1. The SMILES string of the molecule is C[N+](C)(CCO)CCO.C[N+](CCO)(CCO)CCO. The van der Waals surface area contributed by atoms with E-state index in [1.807, 2.05) is 21.1 Å². The van der Waals surface area contributed by atoms with Crippen molar-refractivity contribution in [3.63, 3.8) is 0 Å². The molecule has 0 fully saturated rings. The van der Waals surface area contributed by atoms with E-state index in [0.717, 1.165) is 0 Å². The van der Waals surface area contributed by atoms with Crippen LogP contribution in [-0.4, -0.2) is 121 Å². The van der Waals surface area contributed by atoms with Gasteiger partial charge in [-0.25, -0.2) is 0 Å². The fourth-order valence-corrected chi connectivity index (χ4v) is 1.71. The minimum Gasteiger partial charge on any atom is -0.391 e. The van der Waals surface area contributed by atoms with Crippen LogP contribution >= 0.6 is 0 Å². The first-order valence-electron chi connectivity index (χ1n) is 7.00. The fourth-order valence-electron chi connectivity index (χ4n) is 1.71. The van der Waals surface area contributed by atoms with Crippen molar-refractivity contribution in [3.8, 4) is 0 Å². The maximum absolute atomic E-state index is 8.68. The molecule has 0 aliphatic rings. The molecule has 0 aromatic carbocycles. The summed E-state index contributed by atoms with van der Waals surface area (Å²) in [5, 5.41) is 43.1. The largest absolute Gasteiger partial charge is 0.391 e. The second-order valence-corrected chi connectivity index (χ2v) is 5.79. The predicted octanol–water partition coefficient (Wildman–Crippen LogP) is -2.54. The van der Waals surface area contributed by atoms with Crippen LogP contribution in [0.15, 0.2) is 0 Å². The average molecular weight is 298 g/mol. The molecule has 5 N–H and O–H groups in total. The van der Waals surface area contributed by atoms with Gasteiger partial charge in [-0.3, -0.25) is 0 Å². The van der Waals surface area contributed by atoms with Gasteiger partial charge in [0, 0.05) is 0 Å². The van der Waals surface area contributed by atoms with Crippen molar-refractivity contribution in [1.29, 1.82) is 0 Å². The molecule has 0 bridgehead atoms. The Kier molecular flexibility index (Phi) is 13.7. The average Bonchev–Trinajstić information content (AvgIpc) is 2.30. The lowest BCUT2D eigenvalue weighted by Crippen LogP contribution is -2.49. The number of likely N-dealkylation sites (N-methyl/N-ethyl adjacent to an activating group) is 2. The smallest absolute Gasteiger partial charge is 0.102 e. The maximum Gasteiger partial charge on any atom is 0.102 e. The molecule has 0 radical (unpaired) electrons. The molecule has 0 aliphatic heterocycles. The summed E-state index contributed by atoms with van der Waals surface area (Å²) in [6, 6.07) is 0. The molecule has 0 spiro atoms. The monoisotopic (exact) mass is 298 g/mol. The van der Waals surface area contributed by atoms with Crippen LogP contribution in [0.3, 0.4) is 0 Å². The zero-order valence-electron chi connectivity index (χ0n) is 13.2. The third-order valence-corrected chi connectivity index (χ3v) is 3.33. The van der Waals surface area contributed by atoms with Crippen molar-refractivity contribution >= 4 is 0 Å². The molecule has 0 atom stereocenters. The lowest BCUT2D eigenvalue weighted by atomic mass is 10.4. The maximum atomic E-state index is 8.68. The molecule has 20 heavy (non-hydrogen) atoms. The molecular weight excluding hydrogens is 264 g/mol. The van der Waals surface area contributed by atoms with Crippen molar-refractivity contribution in [2.45, 2.75) is 0 Å². The van der Waals surface area contributed by atoms with Gasteiger partial charge in [0.25, 0.3) is 0 Å². The van der Waals surface area contributed by atoms with Gasteiger partial charge >= 0.3 is 0 Å². The van der Waals surface area contributed by atoms with Gasteiger partial charge in [0.15, 0.2) is 0 Å². The van der Waals surface area contributed by atoms with Crippen LogP contribution in [0.2, 0.25) is 0 Å². The lowest BCUT2D eigenvalue weighted by molar-refractivity contribution is -0.910. The Morgan fingerprint density at radius 1 is 0.500 bits per heavy atom. The van der Waals surface area contributed by atoms with Crippen molar-refractivity contribution in [2.24, 2.45) is 0 Å².